The SMILES string of the molecule is CCCCCCn1cc(CCC(=O)OC)[n+](C)c1.[I-]. The molecule has 1 rings (SSSR count). The van der Waals surface area contributed by atoms with Crippen molar-refractivity contribution in [3.05, 3.63) is 18.2 Å². The first-order valence-electron chi connectivity index (χ1n) is 6.78. The van der Waals surface area contributed by atoms with Crippen molar-refractivity contribution in [2.75, 3.05) is 7.11 Å². The van der Waals surface area contributed by atoms with E-state index in [0.29, 0.717) is 6.42 Å². The Morgan fingerprint density at radius 2 is 2.11 bits per heavy atom. The second-order valence-corrected chi connectivity index (χ2v) is 4.72. The molecule has 110 valence electrons. The molecule has 0 radical (unpaired) electrons. The van der Waals surface area contributed by atoms with Gasteiger partial charge in [0.05, 0.1) is 27.1 Å². The molecule has 19 heavy (non-hydrogen) atoms. The van der Waals surface area contributed by atoms with Gasteiger partial charge in [-0.25, -0.2) is 9.13 Å². The van der Waals surface area contributed by atoms with E-state index in [1.54, 1.807) is 0 Å². The van der Waals surface area contributed by atoms with E-state index < -0.39 is 0 Å². The highest BCUT2D eigenvalue weighted by molar-refractivity contribution is 5.69. The van der Waals surface area contributed by atoms with Crippen molar-refractivity contribution in [1.82, 2.24) is 4.57 Å². The van der Waals surface area contributed by atoms with E-state index in [9.17, 15) is 4.79 Å². The normalized spacial score (nSPS) is 10.1. The van der Waals surface area contributed by atoms with E-state index in [4.69, 9.17) is 0 Å². The number of carbonyl (C=O) groups excluding carboxylic acids is 1. The van der Waals surface area contributed by atoms with Gasteiger partial charge in [0, 0.05) is 6.42 Å². The van der Waals surface area contributed by atoms with E-state index in [1.807, 2.05) is 7.05 Å². The van der Waals surface area contributed by atoms with Crippen molar-refractivity contribution in [2.24, 2.45) is 7.05 Å². The molecule has 0 N–H and O–H groups in total. The number of hydrogen-bond donors (Lipinski definition) is 0. The number of methoxy groups -OCH3 is 1. The van der Waals surface area contributed by atoms with Crippen LogP contribution >= 0.6 is 0 Å². The van der Waals surface area contributed by atoms with Gasteiger partial charge in [-0.1, -0.05) is 19.8 Å². The molecule has 0 saturated carbocycles. The minimum Gasteiger partial charge on any atom is -1.00 e. The van der Waals surface area contributed by atoms with E-state index in [1.165, 1.54) is 38.5 Å². The molecule has 0 saturated heterocycles. The van der Waals surface area contributed by atoms with Crippen LogP contribution in [0, 0.1) is 0 Å². The van der Waals surface area contributed by atoms with Crippen LogP contribution in [0.4, 0.5) is 0 Å². The number of imidazole rings is 1. The fourth-order valence-corrected chi connectivity index (χ4v) is 2.03. The van der Waals surface area contributed by atoms with Crippen molar-refractivity contribution in [1.29, 1.82) is 0 Å². The van der Waals surface area contributed by atoms with E-state index in [2.05, 4.69) is 33.3 Å². The number of ether oxygens (including phenoxy) is 1. The summed E-state index contributed by atoms with van der Waals surface area (Å²) >= 11 is 0. The van der Waals surface area contributed by atoms with Gasteiger partial charge >= 0.3 is 5.97 Å². The van der Waals surface area contributed by atoms with Gasteiger partial charge < -0.3 is 28.7 Å². The number of esters is 1. The smallest absolute Gasteiger partial charge is 0.305 e. The Bertz CT molecular complexity index is 378. The van der Waals surface area contributed by atoms with Crippen LogP contribution in [0.2, 0.25) is 0 Å². The molecule has 5 heteroatoms. The zero-order chi connectivity index (χ0) is 13.4. The van der Waals surface area contributed by atoms with Crippen LogP contribution in [0.25, 0.3) is 0 Å². The molecule has 1 heterocycles. The molecule has 0 aliphatic carbocycles. The molecule has 0 amide bonds. The minimum atomic E-state index is -0.148. The van der Waals surface area contributed by atoms with Gasteiger partial charge in [0.15, 0.2) is 0 Å². The fourth-order valence-electron chi connectivity index (χ4n) is 2.03. The lowest BCUT2D eigenvalue weighted by Gasteiger charge is -1.96. The van der Waals surface area contributed by atoms with Crippen LogP contribution in [0.5, 0.6) is 0 Å². The number of rotatable bonds is 8. The summed E-state index contributed by atoms with van der Waals surface area (Å²) in [5.74, 6) is -0.148. The zero-order valence-corrected chi connectivity index (χ0v) is 14.4. The Kier molecular flexibility index (Phi) is 9.91. The Labute approximate surface area is 133 Å². The summed E-state index contributed by atoms with van der Waals surface area (Å²) < 4.78 is 8.95. The van der Waals surface area contributed by atoms with Gasteiger partial charge in [-0.15, -0.1) is 0 Å². The third kappa shape index (κ3) is 6.94. The van der Waals surface area contributed by atoms with Gasteiger partial charge in [-0.2, -0.15) is 0 Å². The van der Waals surface area contributed by atoms with Crippen molar-refractivity contribution < 1.29 is 38.1 Å². The fraction of sp³-hybridized carbons (Fsp3) is 0.714. The molecule has 1 aromatic rings. The quantitative estimate of drug-likeness (QED) is 0.251. The lowest BCUT2D eigenvalue weighted by molar-refractivity contribution is -0.678. The number of unbranched alkanes of at least 4 members (excludes halogenated alkanes) is 3. The summed E-state index contributed by atoms with van der Waals surface area (Å²) in [7, 11) is 3.45. The summed E-state index contributed by atoms with van der Waals surface area (Å²) in [6, 6.07) is 0. The molecule has 1 aromatic heterocycles. The van der Waals surface area contributed by atoms with Gasteiger partial charge in [-0.05, 0) is 12.8 Å². The summed E-state index contributed by atoms with van der Waals surface area (Å²) in [4.78, 5) is 11.1. The Morgan fingerprint density at radius 1 is 1.37 bits per heavy atom. The summed E-state index contributed by atoms with van der Waals surface area (Å²) in [5, 5.41) is 0. The molecule has 0 aromatic carbocycles. The second kappa shape index (κ2) is 10.2. The van der Waals surface area contributed by atoms with Gasteiger partial charge in [0.25, 0.3) is 0 Å². The third-order valence-electron chi connectivity index (χ3n) is 3.17. The molecular weight excluding hydrogens is 355 g/mol. The predicted molar refractivity (Wildman–Crippen MR) is 70.1 cm³/mol. The standard InChI is InChI=1S/C14H25N2O2.HI/c1-4-5-6-7-10-16-11-13(15(2)12-16)8-9-14(17)18-3;/h11-12H,4-10H2,1-3H3;1H/q+1;/p-1. The number of carbonyl (C=O) groups is 1. The molecule has 0 aliphatic heterocycles. The number of aryl methyl sites for hydroxylation is 3. The summed E-state index contributed by atoms with van der Waals surface area (Å²) in [6.07, 6.45) is 10.5. The van der Waals surface area contributed by atoms with Crippen LogP contribution in [-0.2, 0) is 29.5 Å². The molecule has 0 fully saturated rings. The topological polar surface area (TPSA) is 35.1 Å². The van der Waals surface area contributed by atoms with Crippen molar-refractivity contribution >= 4 is 5.97 Å². The highest BCUT2D eigenvalue weighted by Gasteiger charge is 2.12. The van der Waals surface area contributed by atoms with Gasteiger partial charge in [0.1, 0.15) is 11.9 Å². The molecule has 0 spiro atoms. The highest BCUT2D eigenvalue weighted by Crippen LogP contribution is 2.04. The van der Waals surface area contributed by atoms with Crippen molar-refractivity contribution in [3.63, 3.8) is 0 Å². The average molecular weight is 380 g/mol. The van der Waals surface area contributed by atoms with Crippen LogP contribution in [-0.4, -0.2) is 17.6 Å². The first-order valence-corrected chi connectivity index (χ1v) is 6.78. The maximum Gasteiger partial charge on any atom is 0.305 e. The molecule has 0 bridgehead atoms. The number of halogens is 1. The Hall–Kier alpha value is -0.590. The Morgan fingerprint density at radius 3 is 2.74 bits per heavy atom. The van der Waals surface area contributed by atoms with Gasteiger partial charge in [0.2, 0.25) is 6.33 Å². The van der Waals surface area contributed by atoms with Crippen molar-refractivity contribution in [3.8, 4) is 0 Å². The van der Waals surface area contributed by atoms with Gasteiger partial charge in [-0.3, -0.25) is 4.79 Å². The number of aromatic nitrogens is 2. The predicted octanol–water partition coefficient (Wildman–Crippen LogP) is -0.997. The maximum atomic E-state index is 11.1. The lowest BCUT2D eigenvalue weighted by atomic mass is 10.2. The Balaban J connectivity index is 0.00000324. The van der Waals surface area contributed by atoms with Crippen LogP contribution in [0.3, 0.4) is 0 Å². The summed E-state index contributed by atoms with van der Waals surface area (Å²) in [5.41, 5.74) is 1.18. The van der Waals surface area contributed by atoms with E-state index >= 15 is 0 Å². The first-order chi connectivity index (χ1) is 8.67. The zero-order valence-electron chi connectivity index (χ0n) is 12.2. The van der Waals surface area contributed by atoms with E-state index in [-0.39, 0.29) is 29.9 Å². The molecular formula is C14H25IN2O2. The molecule has 4 nitrogen and oxygen atoms in total. The molecule has 0 unspecified atom stereocenters. The van der Waals surface area contributed by atoms with Crippen molar-refractivity contribution in [2.45, 2.75) is 52.0 Å². The van der Waals surface area contributed by atoms with Crippen LogP contribution < -0.4 is 28.5 Å². The van der Waals surface area contributed by atoms with E-state index in [0.717, 1.165) is 13.0 Å². The molecule has 0 aliphatic rings. The summed E-state index contributed by atoms with van der Waals surface area (Å²) in [6.45, 7) is 3.28. The largest absolute Gasteiger partial charge is 1.00 e. The second-order valence-electron chi connectivity index (χ2n) is 4.72. The van der Waals surface area contributed by atoms with Crippen LogP contribution in [0.1, 0.15) is 44.7 Å². The van der Waals surface area contributed by atoms with Crippen LogP contribution in [0.15, 0.2) is 12.5 Å². The first kappa shape index (κ1) is 18.4. The maximum absolute atomic E-state index is 11.1. The monoisotopic (exact) mass is 380 g/mol. The number of hydrogen-bond acceptors (Lipinski definition) is 2. The highest BCUT2D eigenvalue weighted by atomic mass is 127. The third-order valence-corrected chi connectivity index (χ3v) is 3.17. The average Bonchev–Trinajstić information content (AvgIpc) is 2.72. The minimum absolute atomic E-state index is 0. The number of nitrogens with zero attached hydrogens (tertiary/aromatic N) is 2. The lowest BCUT2D eigenvalue weighted by Crippen LogP contribution is -3.00. The molecule has 0 atom stereocenters.